The van der Waals surface area contributed by atoms with Gasteiger partial charge in [-0.3, -0.25) is 4.79 Å². The Morgan fingerprint density at radius 1 is 1.17 bits per heavy atom. The largest absolute Gasteiger partial charge is 0.383 e. The first kappa shape index (κ1) is 15.0. The molecule has 0 spiro atoms. The van der Waals surface area contributed by atoms with Gasteiger partial charge in [0.05, 0.1) is 11.9 Å². The molecule has 0 atom stereocenters. The Kier molecular flexibility index (Phi) is 3.73. The van der Waals surface area contributed by atoms with E-state index in [1.807, 2.05) is 49.7 Å². The smallest absolute Gasteiger partial charge is 0.252 e. The zero-order chi connectivity index (χ0) is 16.6. The SMILES string of the molecule is CC.Cn1c2c(c3c(N)ncnc31)-c1ccccc1C(=O)NC2. The fourth-order valence-electron chi connectivity index (χ4n) is 2.98. The van der Waals surface area contributed by atoms with Crippen molar-refractivity contribution < 1.29 is 4.79 Å². The second kappa shape index (κ2) is 5.72. The average Bonchev–Trinajstić information content (AvgIpc) is 2.79. The lowest BCUT2D eigenvalue weighted by Gasteiger charge is -2.05. The van der Waals surface area contributed by atoms with E-state index < -0.39 is 0 Å². The number of aromatic nitrogens is 3. The molecule has 6 heteroatoms. The highest BCUT2D eigenvalue weighted by atomic mass is 16.1. The summed E-state index contributed by atoms with van der Waals surface area (Å²) in [6.45, 7) is 4.44. The number of carbonyl (C=O) groups is 1. The van der Waals surface area contributed by atoms with Crippen LogP contribution in [0.4, 0.5) is 5.82 Å². The molecule has 1 aliphatic rings. The third kappa shape index (κ3) is 2.14. The number of benzene rings is 1. The van der Waals surface area contributed by atoms with Crippen molar-refractivity contribution in [3.63, 3.8) is 0 Å². The third-order valence-corrected chi connectivity index (χ3v) is 3.98. The number of anilines is 1. The van der Waals surface area contributed by atoms with Gasteiger partial charge < -0.3 is 15.6 Å². The van der Waals surface area contributed by atoms with Gasteiger partial charge in [-0.05, 0) is 11.6 Å². The molecule has 4 rings (SSSR count). The fourth-order valence-corrected chi connectivity index (χ4v) is 2.98. The zero-order valence-electron chi connectivity index (χ0n) is 13.4. The molecule has 1 aromatic carbocycles. The van der Waals surface area contributed by atoms with Crippen LogP contribution in [0.2, 0.25) is 0 Å². The van der Waals surface area contributed by atoms with E-state index in [1.165, 1.54) is 6.33 Å². The normalized spacial score (nSPS) is 12.6. The summed E-state index contributed by atoms with van der Waals surface area (Å²) in [6, 6.07) is 7.53. The van der Waals surface area contributed by atoms with Gasteiger partial charge in [0.1, 0.15) is 17.8 Å². The quantitative estimate of drug-likeness (QED) is 0.668. The van der Waals surface area contributed by atoms with Gasteiger partial charge in [-0.2, -0.15) is 0 Å². The van der Waals surface area contributed by atoms with Crippen molar-refractivity contribution in [2.24, 2.45) is 7.05 Å². The molecule has 1 amide bonds. The van der Waals surface area contributed by atoms with Gasteiger partial charge in [0.15, 0.2) is 0 Å². The maximum Gasteiger partial charge on any atom is 0.252 e. The van der Waals surface area contributed by atoms with Crippen molar-refractivity contribution in [1.29, 1.82) is 0 Å². The Bertz CT molecular complexity index is 897. The Morgan fingerprint density at radius 2 is 1.87 bits per heavy atom. The van der Waals surface area contributed by atoms with Gasteiger partial charge in [0, 0.05) is 23.9 Å². The first-order valence-corrected chi connectivity index (χ1v) is 7.64. The van der Waals surface area contributed by atoms with Crippen molar-refractivity contribution in [2.75, 3.05) is 5.73 Å². The number of rotatable bonds is 0. The van der Waals surface area contributed by atoms with Crippen LogP contribution in [0, 0.1) is 0 Å². The lowest BCUT2D eigenvalue weighted by atomic mass is 9.98. The molecule has 3 aromatic rings. The van der Waals surface area contributed by atoms with Crippen molar-refractivity contribution >= 4 is 22.8 Å². The monoisotopic (exact) mass is 309 g/mol. The van der Waals surface area contributed by atoms with Crippen LogP contribution < -0.4 is 11.1 Å². The van der Waals surface area contributed by atoms with E-state index in [1.54, 1.807) is 0 Å². The minimum atomic E-state index is -0.0784. The molecule has 2 aromatic heterocycles. The maximum absolute atomic E-state index is 12.2. The van der Waals surface area contributed by atoms with E-state index >= 15 is 0 Å². The summed E-state index contributed by atoms with van der Waals surface area (Å²) in [7, 11) is 1.92. The average molecular weight is 309 g/mol. The number of nitrogen functional groups attached to an aromatic ring is 1. The minimum absolute atomic E-state index is 0.0784. The predicted molar refractivity (Wildman–Crippen MR) is 90.9 cm³/mol. The molecule has 3 heterocycles. The molecule has 3 N–H and O–H groups in total. The summed E-state index contributed by atoms with van der Waals surface area (Å²) < 4.78 is 1.96. The van der Waals surface area contributed by atoms with Crippen LogP contribution in [-0.4, -0.2) is 20.4 Å². The van der Waals surface area contributed by atoms with E-state index in [9.17, 15) is 4.79 Å². The third-order valence-electron chi connectivity index (χ3n) is 3.98. The van der Waals surface area contributed by atoms with Crippen molar-refractivity contribution in [3.8, 4) is 11.1 Å². The molecule has 23 heavy (non-hydrogen) atoms. The van der Waals surface area contributed by atoms with Crippen molar-refractivity contribution in [1.82, 2.24) is 19.9 Å². The maximum atomic E-state index is 12.2. The summed E-state index contributed by atoms with van der Waals surface area (Å²) in [4.78, 5) is 20.6. The lowest BCUT2D eigenvalue weighted by Crippen LogP contribution is -2.22. The highest BCUT2D eigenvalue weighted by Crippen LogP contribution is 2.38. The molecule has 0 radical (unpaired) electrons. The molecule has 0 aliphatic carbocycles. The number of aryl methyl sites for hydroxylation is 1. The van der Waals surface area contributed by atoms with Crippen LogP contribution >= 0.6 is 0 Å². The molecule has 0 bridgehead atoms. The van der Waals surface area contributed by atoms with Crippen LogP contribution in [0.1, 0.15) is 29.9 Å². The zero-order valence-corrected chi connectivity index (χ0v) is 13.4. The van der Waals surface area contributed by atoms with Crippen LogP contribution in [0.5, 0.6) is 0 Å². The predicted octanol–water partition coefficient (Wildman–Crippen LogP) is 2.49. The van der Waals surface area contributed by atoms with Crippen LogP contribution in [0.3, 0.4) is 0 Å². The fraction of sp³-hybridized carbons (Fsp3) is 0.235. The molecule has 6 nitrogen and oxygen atoms in total. The van der Waals surface area contributed by atoms with E-state index in [2.05, 4.69) is 15.3 Å². The minimum Gasteiger partial charge on any atom is -0.383 e. The van der Waals surface area contributed by atoms with Crippen LogP contribution in [-0.2, 0) is 13.6 Å². The molecular formula is C17H19N5O. The van der Waals surface area contributed by atoms with Gasteiger partial charge in [0.25, 0.3) is 5.91 Å². The molecule has 0 fully saturated rings. The van der Waals surface area contributed by atoms with E-state index in [4.69, 9.17) is 5.73 Å². The number of amides is 1. The summed E-state index contributed by atoms with van der Waals surface area (Å²) in [5.41, 5.74) is 10.3. The van der Waals surface area contributed by atoms with E-state index in [0.29, 0.717) is 17.9 Å². The lowest BCUT2D eigenvalue weighted by molar-refractivity contribution is 0.0952. The first-order valence-electron chi connectivity index (χ1n) is 7.64. The van der Waals surface area contributed by atoms with Gasteiger partial charge in [-0.1, -0.05) is 32.0 Å². The number of fused-ring (bicyclic) bond motifs is 5. The molecular weight excluding hydrogens is 290 g/mol. The van der Waals surface area contributed by atoms with Gasteiger partial charge in [-0.25, -0.2) is 9.97 Å². The second-order valence-corrected chi connectivity index (χ2v) is 5.07. The summed E-state index contributed by atoms with van der Waals surface area (Å²) in [5, 5.41) is 3.73. The van der Waals surface area contributed by atoms with Crippen molar-refractivity contribution in [2.45, 2.75) is 20.4 Å². The molecule has 0 saturated carbocycles. The Balaban J connectivity index is 0.000000753. The van der Waals surface area contributed by atoms with Gasteiger partial charge in [-0.15, -0.1) is 0 Å². The van der Waals surface area contributed by atoms with Gasteiger partial charge >= 0.3 is 0 Å². The second-order valence-electron chi connectivity index (χ2n) is 5.07. The molecule has 0 saturated heterocycles. The number of hydrogen-bond acceptors (Lipinski definition) is 4. The number of carbonyl (C=O) groups excluding carboxylic acids is 1. The van der Waals surface area contributed by atoms with Crippen LogP contribution in [0.25, 0.3) is 22.2 Å². The molecule has 118 valence electrons. The Hall–Kier alpha value is -2.89. The number of nitrogens with one attached hydrogen (secondary N) is 1. The highest BCUT2D eigenvalue weighted by Gasteiger charge is 2.26. The summed E-state index contributed by atoms with van der Waals surface area (Å²) >= 11 is 0. The van der Waals surface area contributed by atoms with Gasteiger partial charge in [0.2, 0.25) is 0 Å². The van der Waals surface area contributed by atoms with Crippen LogP contribution in [0.15, 0.2) is 30.6 Å². The molecule has 0 unspecified atom stereocenters. The summed E-state index contributed by atoms with van der Waals surface area (Å²) in [6.07, 6.45) is 1.46. The first-order chi connectivity index (χ1) is 11.2. The standard InChI is InChI=1S/C15H13N5O.C2H6/c1-20-10-6-17-15(21)9-5-3-2-4-8(9)11(10)12-13(16)18-7-19-14(12)20;1-2/h2-5,7H,6H2,1H3,(H,17,21)(H2,16,18,19);1-2H3. The number of hydrogen-bond donors (Lipinski definition) is 2. The Labute approximate surface area is 134 Å². The number of nitrogens with two attached hydrogens (primary N) is 1. The molecule has 1 aliphatic heterocycles. The number of nitrogens with zero attached hydrogens (tertiary/aromatic N) is 3. The highest BCUT2D eigenvalue weighted by molar-refractivity contribution is 6.10. The van der Waals surface area contributed by atoms with E-state index in [-0.39, 0.29) is 5.91 Å². The Morgan fingerprint density at radius 3 is 2.61 bits per heavy atom. The van der Waals surface area contributed by atoms with Crippen molar-refractivity contribution in [3.05, 3.63) is 41.9 Å². The van der Waals surface area contributed by atoms with E-state index in [0.717, 1.165) is 27.9 Å². The summed E-state index contributed by atoms with van der Waals surface area (Å²) in [5.74, 6) is 0.353. The topological polar surface area (TPSA) is 85.8 Å².